The Kier molecular flexibility index (Phi) is 6.84. The molecule has 0 unspecified atom stereocenters. The number of nitrogens with one attached hydrogen (secondary N) is 1. The molecule has 5 rings (SSSR count). The van der Waals surface area contributed by atoms with Gasteiger partial charge in [0.2, 0.25) is 5.95 Å². The van der Waals surface area contributed by atoms with Gasteiger partial charge in [-0.25, -0.2) is 36.5 Å². The highest BCUT2D eigenvalue weighted by atomic mass is 32.2. The summed E-state index contributed by atoms with van der Waals surface area (Å²) in [6.07, 6.45) is 2.98. The highest BCUT2D eigenvalue weighted by molar-refractivity contribution is 7.92. The summed E-state index contributed by atoms with van der Waals surface area (Å²) in [7, 11) is -4.64. The largest absolute Gasteiger partial charge is 0.381 e. The molecule has 0 saturated carbocycles. The minimum atomic E-state index is -4.64. The predicted molar refractivity (Wildman–Crippen MR) is 133 cm³/mol. The van der Waals surface area contributed by atoms with Crippen molar-refractivity contribution in [3.63, 3.8) is 0 Å². The monoisotopic (exact) mass is 547 g/mol. The topological polar surface area (TPSA) is 120 Å². The Morgan fingerprint density at radius 3 is 2.59 bits per heavy atom. The van der Waals surface area contributed by atoms with Gasteiger partial charge in [-0.3, -0.25) is 4.72 Å². The van der Waals surface area contributed by atoms with Gasteiger partial charge in [-0.15, -0.1) is 11.3 Å². The average molecular weight is 548 g/mol. The van der Waals surface area contributed by atoms with E-state index in [0.717, 1.165) is 23.9 Å². The maximum atomic E-state index is 15.8. The van der Waals surface area contributed by atoms with Crippen molar-refractivity contribution < 1.29 is 26.3 Å². The molecule has 1 fully saturated rings. The second kappa shape index (κ2) is 10.1. The van der Waals surface area contributed by atoms with E-state index in [0.29, 0.717) is 35.9 Å². The Morgan fingerprint density at radius 1 is 1.05 bits per heavy atom. The fraction of sp³-hybridized carbons (Fsp3) is 0.208. The highest BCUT2D eigenvalue weighted by Crippen LogP contribution is 2.42. The summed E-state index contributed by atoms with van der Waals surface area (Å²) in [5, 5.41) is 0.762. The third-order valence-corrected chi connectivity index (χ3v) is 8.42. The van der Waals surface area contributed by atoms with Crippen LogP contribution in [-0.2, 0) is 14.8 Å². The maximum Gasteiger partial charge on any atom is 0.265 e. The number of hydrogen-bond acceptors (Lipinski definition) is 8. The van der Waals surface area contributed by atoms with Gasteiger partial charge in [-0.05, 0) is 49.2 Å². The van der Waals surface area contributed by atoms with E-state index in [2.05, 4.69) is 9.97 Å². The standard InChI is InChI=1S/C24H20F3N5O3S2/c25-14-4-5-16(26)19(12-14)37(33,34)32-17-3-1-2-15(20(17)27)21-22(18-6-9-29-24(28)30-18)36-23(31-21)13-7-10-35-11-8-13/h1-6,9,12-13,32H,7-8,10-11H2,(H2,28,29,30). The maximum absolute atomic E-state index is 15.8. The molecule has 0 radical (unpaired) electrons. The molecule has 3 heterocycles. The molecular weight excluding hydrogens is 527 g/mol. The molecule has 192 valence electrons. The number of anilines is 2. The Bertz CT molecular complexity index is 1570. The van der Waals surface area contributed by atoms with E-state index in [1.807, 2.05) is 4.72 Å². The Morgan fingerprint density at radius 2 is 1.84 bits per heavy atom. The third kappa shape index (κ3) is 5.15. The van der Waals surface area contributed by atoms with E-state index in [9.17, 15) is 17.2 Å². The van der Waals surface area contributed by atoms with Crippen LogP contribution >= 0.6 is 11.3 Å². The van der Waals surface area contributed by atoms with Crippen molar-refractivity contribution in [3.8, 4) is 21.8 Å². The van der Waals surface area contributed by atoms with Gasteiger partial charge < -0.3 is 10.5 Å². The Labute approximate surface area is 214 Å². The Hall–Kier alpha value is -3.55. The molecule has 1 saturated heterocycles. The molecule has 0 atom stereocenters. The summed E-state index contributed by atoms with van der Waals surface area (Å²) >= 11 is 1.34. The number of nitrogens with two attached hydrogens (primary N) is 1. The first-order valence-electron chi connectivity index (χ1n) is 11.2. The molecule has 8 nitrogen and oxygen atoms in total. The molecule has 0 bridgehead atoms. The minimum Gasteiger partial charge on any atom is -0.381 e. The smallest absolute Gasteiger partial charge is 0.265 e. The molecule has 13 heteroatoms. The van der Waals surface area contributed by atoms with Gasteiger partial charge in [0.15, 0.2) is 5.82 Å². The lowest BCUT2D eigenvalue weighted by molar-refractivity contribution is 0.0853. The number of thiazole rings is 1. The van der Waals surface area contributed by atoms with E-state index in [1.165, 1.54) is 35.7 Å². The van der Waals surface area contributed by atoms with Gasteiger partial charge in [-0.2, -0.15) is 0 Å². The van der Waals surface area contributed by atoms with E-state index < -0.39 is 38.1 Å². The third-order valence-electron chi connectivity index (χ3n) is 5.80. The number of aromatic nitrogens is 3. The number of ether oxygens (including phenoxy) is 1. The van der Waals surface area contributed by atoms with Crippen LogP contribution in [0.3, 0.4) is 0 Å². The zero-order chi connectivity index (χ0) is 26.2. The first-order valence-corrected chi connectivity index (χ1v) is 13.5. The van der Waals surface area contributed by atoms with Crippen molar-refractivity contribution in [2.45, 2.75) is 23.7 Å². The van der Waals surface area contributed by atoms with E-state index in [1.54, 1.807) is 6.07 Å². The lowest BCUT2D eigenvalue weighted by atomic mass is 10.0. The molecule has 1 aliphatic heterocycles. The van der Waals surface area contributed by atoms with Crippen LogP contribution in [-0.4, -0.2) is 36.6 Å². The van der Waals surface area contributed by atoms with Crippen LogP contribution in [0.2, 0.25) is 0 Å². The molecule has 3 N–H and O–H groups in total. The van der Waals surface area contributed by atoms with Crippen LogP contribution < -0.4 is 10.5 Å². The zero-order valence-corrected chi connectivity index (χ0v) is 20.8. The SMILES string of the molecule is Nc1nccc(-c2sc(C3CCOCC3)nc2-c2cccc(NS(=O)(=O)c3cc(F)ccc3F)c2F)n1. The molecule has 37 heavy (non-hydrogen) atoms. The molecular formula is C24H20F3N5O3S2. The lowest BCUT2D eigenvalue weighted by Crippen LogP contribution is -2.16. The van der Waals surface area contributed by atoms with Gasteiger partial charge in [-0.1, -0.05) is 6.07 Å². The van der Waals surface area contributed by atoms with Gasteiger partial charge >= 0.3 is 0 Å². The van der Waals surface area contributed by atoms with Crippen LogP contribution in [0.25, 0.3) is 21.8 Å². The van der Waals surface area contributed by atoms with Crippen LogP contribution in [0.5, 0.6) is 0 Å². The first-order chi connectivity index (χ1) is 17.7. The van der Waals surface area contributed by atoms with Gasteiger partial charge in [0.1, 0.15) is 16.5 Å². The summed E-state index contributed by atoms with van der Waals surface area (Å²) in [4.78, 5) is 12.5. The second-order valence-electron chi connectivity index (χ2n) is 8.26. The second-order valence-corrected chi connectivity index (χ2v) is 10.9. The molecule has 0 amide bonds. The number of halogens is 3. The van der Waals surface area contributed by atoms with E-state index in [-0.39, 0.29) is 23.1 Å². The van der Waals surface area contributed by atoms with Gasteiger partial charge in [0.05, 0.1) is 27.0 Å². The molecule has 4 aromatic rings. The summed E-state index contributed by atoms with van der Waals surface area (Å²) in [6.45, 7) is 1.16. The normalized spacial score (nSPS) is 14.6. The molecule has 2 aromatic carbocycles. The van der Waals surface area contributed by atoms with Crippen molar-refractivity contribution in [1.82, 2.24) is 15.0 Å². The van der Waals surface area contributed by atoms with Gasteiger partial charge in [0, 0.05) is 30.9 Å². The van der Waals surface area contributed by atoms with Crippen LogP contribution in [0.15, 0.2) is 53.6 Å². The van der Waals surface area contributed by atoms with Crippen LogP contribution in [0.4, 0.5) is 24.8 Å². The minimum absolute atomic E-state index is 0.00153. The Balaban J connectivity index is 1.59. The van der Waals surface area contributed by atoms with E-state index in [4.69, 9.17) is 15.5 Å². The summed E-state index contributed by atoms with van der Waals surface area (Å²) in [5.74, 6) is -2.92. The van der Waals surface area contributed by atoms with Crippen molar-refractivity contribution in [1.29, 1.82) is 0 Å². The number of benzene rings is 2. The quantitative estimate of drug-likeness (QED) is 0.350. The summed E-state index contributed by atoms with van der Waals surface area (Å²) in [5.41, 5.74) is 6.01. The van der Waals surface area contributed by atoms with Gasteiger partial charge in [0.25, 0.3) is 10.0 Å². The van der Waals surface area contributed by atoms with Crippen molar-refractivity contribution in [2.75, 3.05) is 23.7 Å². The van der Waals surface area contributed by atoms with Crippen molar-refractivity contribution in [2.24, 2.45) is 0 Å². The predicted octanol–water partition coefficient (Wildman–Crippen LogP) is 4.96. The first kappa shape index (κ1) is 25.1. The van der Waals surface area contributed by atoms with Crippen molar-refractivity contribution in [3.05, 3.63) is 71.1 Å². The summed E-state index contributed by atoms with van der Waals surface area (Å²) in [6, 6.07) is 7.69. The number of nitrogen functional groups attached to an aromatic ring is 1. The lowest BCUT2D eigenvalue weighted by Gasteiger charge is -2.19. The number of nitrogens with zero attached hydrogens (tertiary/aromatic N) is 3. The molecule has 0 spiro atoms. The average Bonchev–Trinajstić information content (AvgIpc) is 3.32. The number of rotatable bonds is 6. The zero-order valence-electron chi connectivity index (χ0n) is 19.1. The van der Waals surface area contributed by atoms with Crippen LogP contribution in [0.1, 0.15) is 23.8 Å². The molecule has 0 aliphatic carbocycles. The highest BCUT2D eigenvalue weighted by Gasteiger charge is 2.27. The molecule has 2 aromatic heterocycles. The summed E-state index contributed by atoms with van der Waals surface area (Å²) < 4.78 is 76.6. The fourth-order valence-electron chi connectivity index (χ4n) is 3.99. The molecule has 1 aliphatic rings. The number of sulfonamides is 1. The van der Waals surface area contributed by atoms with Crippen LogP contribution in [0, 0.1) is 17.5 Å². The van der Waals surface area contributed by atoms with Crippen molar-refractivity contribution >= 4 is 33.0 Å². The fourth-order valence-corrected chi connectivity index (χ4v) is 6.36. The number of hydrogen-bond donors (Lipinski definition) is 2. The van der Waals surface area contributed by atoms with E-state index >= 15 is 4.39 Å².